The van der Waals surface area contributed by atoms with Crippen molar-refractivity contribution in [2.75, 3.05) is 29.9 Å². The highest BCUT2D eigenvalue weighted by molar-refractivity contribution is 7.89. The molecule has 2 heterocycles. The Kier molecular flexibility index (Phi) is 3.97. The monoisotopic (exact) mass is 357 g/mol. The highest BCUT2D eigenvalue weighted by atomic mass is 32.2. The molecule has 25 heavy (non-hydrogen) atoms. The van der Waals surface area contributed by atoms with Crippen LogP contribution in [-0.2, 0) is 27.7 Å². The van der Waals surface area contributed by atoms with E-state index in [0.717, 1.165) is 18.5 Å². The van der Waals surface area contributed by atoms with E-state index in [4.69, 9.17) is 0 Å². The quantitative estimate of drug-likeness (QED) is 0.850. The molecule has 4 rings (SSSR count). The normalized spacial score (nSPS) is 15.8. The van der Waals surface area contributed by atoms with Crippen LogP contribution in [0, 0.1) is 0 Å². The van der Waals surface area contributed by atoms with E-state index in [9.17, 15) is 13.2 Å². The Morgan fingerprint density at radius 1 is 1.12 bits per heavy atom. The summed E-state index contributed by atoms with van der Waals surface area (Å²) in [5.74, 6) is -0.106. The summed E-state index contributed by atoms with van der Waals surface area (Å²) in [5.41, 5.74) is 3.91. The Morgan fingerprint density at radius 2 is 1.96 bits per heavy atom. The summed E-state index contributed by atoms with van der Waals surface area (Å²) in [6, 6.07) is 12.9. The molecule has 0 aromatic heterocycles. The van der Waals surface area contributed by atoms with Crippen LogP contribution in [0.2, 0.25) is 0 Å². The van der Waals surface area contributed by atoms with Crippen molar-refractivity contribution < 1.29 is 13.2 Å². The highest BCUT2D eigenvalue weighted by Crippen LogP contribution is 2.27. The van der Waals surface area contributed by atoms with Crippen molar-refractivity contribution >= 4 is 27.3 Å². The molecular weight excluding hydrogens is 338 g/mol. The fraction of sp³-hybridized carbons (Fsp3) is 0.278. The molecule has 0 bridgehead atoms. The number of sulfonamides is 1. The number of fused-ring (bicyclic) bond motifs is 2. The fourth-order valence-electron chi connectivity index (χ4n) is 3.41. The minimum atomic E-state index is -3.58. The molecule has 0 spiro atoms. The maximum atomic E-state index is 12.5. The fourth-order valence-corrected chi connectivity index (χ4v) is 4.48. The maximum absolute atomic E-state index is 12.5. The molecule has 0 atom stereocenters. The molecular formula is C18H19N3O3S. The lowest BCUT2D eigenvalue weighted by Gasteiger charge is -2.19. The smallest absolute Gasteiger partial charge is 0.240 e. The third-order valence-electron chi connectivity index (χ3n) is 4.67. The van der Waals surface area contributed by atoms with E-state index in [1.165, 1.54) is 17.3 Å². The number of nitrogens with zero attached hydrogens (tertiary/aromatic N) is 1. The topological polar surface area (TPSA) is 78.5 Å². The third-order valence-corrected chi connectivity index (χ3v) is 6.13. The minimum Gasteiger partial charge on any atom is -0.370 e. The predicted octanol–water partition coefficient (Wildman–Crippen LogP) is 1.52. The van der Waals surface area contributed by atoms with Crippen LogP contribution < -0.4 is 14.9 Å². The first-order valence-electron chi connectivity index (χ1n) is 8.28. The lowest BCUT2D eigenvalue weighted by molar-refractivity contribution is -0.115. The van der Waals surface area contributed by atoms with Gasteiger partial charge in [0.1, 0.15) is 0 Å². The molecule has 0 radical (unpaired) electrons. The molecule has 0 saturated carbocycles. The Morgan fingerprint density at radius 3 is 2.84 bits per heavy atom. The van der Waals surface area contributed by atoms with Gasteiger partial charge in [-0.25, -0.2) is 13.1 Å². The third kappa shape index (κ3) is 3.12. The second-order valence-electron chi connectivity index (χ2n) is 6.31. The van der Waals surface area contributed by atoms with Gasteiger partial charge in [-0.15, -0.1) is 0 Å². The van der Waals surface area contributed by atoms with E-state index in [1.54, 1.807) is 12.1 Å². The second-order valence-corrected chi connectivity index (χ2v) is 8.07. The van der Waals surface area contributed by atoms with Crippen LogP contribution >= 0.6 is 0 Å². The van der Waals surface area contributed by atoms with E-state index in [0.29, 0.717) is 18.8 Å². The van der Waals surface area contributed by atoms with E-state index in [2.05, 4.69) is 27.1 Å². The molecule has 2 aromatic carbocycles. The zero-order valence-corrected chi connectivity index (χ0v) is 14.5. The Balaban J connectivity index is 1.41. The number of carbonyl (C=O) groups is 1. The van der Waals surface area contributed by atoms with Gasteiger partial charge in [-0.3, -0.25) is 4.79 Å². The lowest BCUT2D eigenvalue weighted by atomic mass is 10.2. The zero-order chi connectivity index (χ0) is 17.4. The van der Waals surface area contributed by atoms with Crippen molar-refractivity contribution in [2.45, 2.75) is 17.7 Å². The van der Waals surface area contributed by atoms with Crippen molar-refractivity contribution in [1.29, 1.82) is 0 Å². The molecule has 6 nitrogen and oxygen atoms in total. The summed E-state index contributed by atoms with van der Waals surface area (Å²) < 4.78 is 27.7. The van der Waals surface area contributed by atoms with Gasteiger partial charge in [0.15, 0.2) is 0 Å². The van der Waals surface area contributed by atoms with Crippen LogP contribution in [0.5, 0.6) is 0 Å². The summed E-state index contributed by atoms with van der Waals surface area (Å²) in [4.78, 5) is 13.8. The lowest BCUT2D eigenvalue weighted by Crippen LogP contribution is -2.34. The molecule has 1 amide bonds. The summed E-state index contributed by atoms with van der Waals surface area (Å²) >= 11 is 0. The van der Waals surface area contributed by atoms with Gasteiger partial charge < -0.3 is 10.2 Å². The van der Waals surface area contributed by atoms with Crippen molar-refractivity contribution in [3.05, 3.63) is 53.6 Å². The van der Waals surface area contributed by atoms with Gasteiger partial charge in [0.2, 0.25) is 15.9 Å². The number of amides is 1. The van der Waals surface area contributed by atoms with Gasteiger partial charge in [0.25, 0.3) is 0 Å². The molecule has 130 valence electrons. The first-order valence-corrected chi connectivity index (χ1v) is 9.76. The van der Waals surface area contributed by atoms with E-state index < -0.39 is 10.0 Å². The Labute approximate surface area is 146 Å². The van der Waals surface area contributed by atoms with Crippen LogP contribution in [0.15, 0.2) is 47.4 Å². The first kappa shape index (κ1) is 16.1. The summed E-state index contributed by atoms with van der Waals surface area (Å²) in [6.07, 6.45) is 1.22. The van der Waals surface area contributed by atoms with E-state index in [1.807, 2.05) is 12.1 Å². The van der Waals surface area contributed by atoms with Crippen LogP contribution in [0.3, 0.4) is 0 Å². The SMILES string of the molecule is O=C1Cc2cc(S(=O)(=O)NCCN3CCc4ccccc43)ccc2N1. The van der Waals surface area contributed by atoms with Gasteiger partial charge in [-0.2, -0.15) is 0 Å². The second kappa shape index (κ2) is 6.16. The average molecular weight is 357 g/mol. The van der Waals surface area contributed by atoms with Crippen LogP contribution in [0.4, 0.5) is 11.4 Å². The Hall–Kier alpha value is -2.38. The van der Waals surface area contributed by atoms with Gasteiger partial charge in [-0.1, -0.05) is 18.2 Å². The minimum absolute atomic E-state index is 0.106. The Bertz CT molecular complexity index is 940. The van der Waals surface area contributed by atoms with E-state index in [-0.39, 0.29) is 17.2 Å². The van der Waals surface area contributed by atoms with E-state index >= 15 is 0 Å². The number of rotatable bonds is 5. The predicted molar refractivity (Wildman–Crippen MR) is 96.3 cm³/mol. The molecule has 2 N–H and O–H groups in total. The molecule has 2 aliphatic rings. The molecule has 2 aromatic rings. The molecule has 0 aliphatic carbocycles. The molecule has 0 saturated heterocycles. The van der Waals surface area contributed by atoms with Crippen LogP contribution in [0.25, 0.3) is 0 Å². The standard InChI is InChI=1S/C18H19N3O3S/c22-18-12-14-11-15(5-6-16(14)20-18)25(23,24)19-8-10-21-9-7-13-3-1-2-4-17(13)21/h1-6,11,19H,7-10,12H2,(H,20,22). The number of carbonyl (C=O) groups excluding carboxylic acids is 1. The highest BCUT2D eigenvalue weighted by Gasteiger charge is 2.22. The van der Waals surface area contributed by atoms with Gasteiger partial charge >= 0.3 is 0 Å². The van der Waals surface area contributed by atoms with Gasteiger partial charge in [0.05, 0.1) is 11.3 Å². The summed E-state index contributed by atoms with van der Waals surface area (Å²) in [6.45, 7) is 1.87. The van der Waals surface area contributed by atoms with Crippen LogP contribution in [-0.4, -0.2) is 34.0 Å². The molecule has 0 fully saturated rings. The van der Waals surface area contributed by atoms with Crippen molar-refractivity contribution in [3.63, 3.8) is 0 Å². The summed E-state index contributed by atoms with van der Waals surface area (Å²) in [5, 5.41) is 2.70. The van der Waals surface area contributed by atoms with Crippen LogP contribution in [0.1, 0.15) is 11.1 Å². The molecule has 0 unspecified atom stereocenters. The number of benzene rings is 2. The molecule has 2 aliphatic heterocycles. The number of para-hydroxylation sites is 1. The first-order chi connectivity index (χ1) is 12.0. The number of anilines is 2. The largest absolute Gasteiger partial charge is 0.370 e. The zero-order valence-electron chi connectivity index (χ0n) is 13.7. The number of hydrogen-bond acceptors (Lipinski definition) is 4. The van der Waals surface area contributed by atoms with Crippen molar-refractivity contribution in [2.24, 2.45) is 0 Å². The maximum Gasteiger partial charge on any atom is 0.240 e. The average Bonchev–Trinajstić information content (AvgIpc) is 3.16. The van der Waals surface area contributed by atoms with Gasteiger partial charge in [-0.05, 0) is 41.8 Å². The van der Waals surface area contributed by atoms with Gasteiger partial charge in [0, 0.05) is 31.0 Å². The van der Waals surface area contributed by atoms with Crippen molar-refractivity contribution in [1.82, 2.24) is 4.72 Å². The molecule has 7 heteroatoms. The number of nitrogens with one attached hydrogen (secondary N) is 2. The summed E-state index contributed by atoms with van der Waals surface area (Å²) in [7, 11) is -3.58. The van der Waals surface area contributed by atoms with Crippen molar-refractivity contribution in [3.8, 4) is 0 Å². The number of hydrogen-bond donors (Lipinski definition) is 2.